The maximum absolute atomic E-state index is 12.4. The van der Waals surface area contributed by atoms with Crippen LogP contribution in [0, 0.1) is 0 Å². The topological polar surface area (TPSA) is 42.8 Å². The lowest BCUT2D eigenvalue weighted by Crippen LogP contribution is -3.10. The van der Waals surface area contributed by atoms with Gasteiger partial charge in [0.1, 0.15) is 18.8 Å². The highest BCUT2D eigenvalue weighted by Gasteiger charge is 2.19. The van der Waals surface area contributed by atoms with Gasteiger partial charge in [0.2, 0.25) is 0 Å². The van der Waals surface area contributed by atoms with Crippen molar-refractivity contribution >= 4 is 5.91 Å². The molecule has 1 heterocycles. The fourth-order valence-corrected chi connectivity index (χ4v) is 3.88. The number of benzene rings is 3. The van der Waals surface area contributed by atoms with E-state index in [1.54, 1.807) is 12.0 Å². The maximum atomic E-state index is 12.4. The second-order valence-corrected chi connectivity index (χ2v) is 7.60. The Hall–Kier alpha value is -3.11. The molecule has 2 N–H and O–H groups in total. The van der Waals surface area contributed by atoms with Crippen LogP contribution in [0.1, 0.15) is 32.6 Å². The van der Waals surface area contributed by atoms with E-state index in [0.717, 1.165) is 37.4 Å². The molecule has 0 radical (unpaired) electrons. The van der Waals surface area contributed by atoms with Gasteiger partial charge in [-0.2, -0.15) is 0 Å². The number of carbonyl (C=O) groups excluding carboxylic acids is 1. The van der Waals surface area contributed by atoms with Crippen LogP contribution in [-0.4, -0.2) is 19.6 Å². The highest BCUT2D eigenvalue weighted by atomic mass is 16.5. The summed E-state index contributed by atoms with van der Waals surface area (Å²) < 4.78 is 5.16. The number of methoxy groups -OCH3 is 1. The highest BCUT2D eigenvalue weighted by molar-refractivity contribution is 5.94. The lowest BCUT2D eigenvalue weighted by Gasteiger charge is -2.26. The number of rotatable bonds is 6. The first-order chi connectivity index (χ1) is 14.2. The minimum absolute atomic E-state index is 0.0494. The zero-order chi connectivity index (χ0) is 20.1. The van der Waals surface area contributed by atoms with Gasteiger partial charge in [-0.25, -0.2) is 0 Å². The Morgan fingerprint density at radius 2 is 1.62 bits per heavy atom. The van der Waals surface area contributed by atoms with Crippen LogP contribution in [-0.2, 0) is 26.1 Å². The van der Waals surface area contributed by atoms with Gasteiger partial charge in [0.25, 0.3) is 5.91 Å². The first-order valence-electron chi connectivity index (χ1n) is 10.1. The van der Waals surface area contributed by atoms with E-state index in [-0.39, 0.29) is 5.91 Å². The molecule has 29 heavy (non-hydrogen) atoms. The summed E-state index contributed by atoms with van der Waals surface area (Å²) in [5.41, 5.74) is 5.96. The number of fused-ring (bicyclic) bond motifs is 1. The Morgan fingerprint density at radius 1 is 0.931 bits per heavy atom. The van der Waals surface area contributed by atoms with Gasteiger partial charge in [-0.15, -0.1) is 0 Å². The molecule has 1 amide bonds. The van der Waals surface area contributed by atoms with Crippen LogP contribution in [0.3, 0.4) is 0 Å². The first-order valence-corrected chi connectivity index (χ1v) is 10.1. The van der Waals surface area contributed by atoms with Crippen molar-refractivity contribution in [2.45, 2.75) is 26.1 Å². The lowest BCUT2D eigenvalue weighted by atomic mass is 9.99. The van der Waals surface area contributed by atoms with Crippen molar-refractivity contribution in [1.82, 2.24) is 5.32 Å². The van der Waals surface area contributed by atoms with Crippen molar-refractivity contribution in [3.05, 3.63) is 101 Å². The Labute approximate surface area is 172 Å². The van der Waals surface area contributed by atoms with E-state index in [4.69, 9.17) is 4.74 Å². The maximum Gasteiger partial charge on any atom is 0.251 e. The van der Waals surface area contributed by atoms with E-state index in [9.17, 15) is 4.79 Å². The quantitative estimate of drug-likeness (QED) is 0.683. The molecule has 3 aromatic carbocycles. The normalized spacial score (nSPS) is 15.4. The third-order valence-corrected chi connectivity index (χ3v) is 5.59. The smallest absolute Gasteiger partial charge is 0.251 e. The van der Waals surface area contributed by atoms with E-state index in [0.29, 0.717) is 12.1 Å². The summed E-state index contributed by atoms with van der Waals surface area (Å²) >= 11 is 0. The third kappa shape index (κ3) is 4.84. The lowest BCUT2D eigenvalue weighted by molar-refractivity contribution is -0.929. The SMILES string of the molecule is COc1ccc(CNC(=O)c2ccc(C[NH+]3CCc4ccccc4C3)cc2)cc1. The van der Waals surface area contributed by atoms with E-state index in [1.165, 1.54) is 16.7 Å². The van der Waals surface area contributed by atoms with Gasteiger partial charge >= 0.3 is 0 Å². The van der Waals surface area contributed by atoms with E-state index in [1.807, 2.05) is 36.4 Å². The predicted octanol–water partition coefficient (Wildman–Crippen LogP) is 2.77. The van der Waals surface area contributed by atoms with Crippen LogP contribution in [0.2, 0.25) is 0 Å². The standard InChI is InChI=1S/C25H26N2O2/c1-29-24-12-8-19(9-13-24)16-26-25(28)22-10-6-20(7-11-22)17-27-15-14-21-4-2-3-5-23(21)18-27/h2-13H,14-18H2,1H3,(H,26,28)/p+1. The van der Waals surface area contributed by atoms with Gasteiger partial charge in [0.05, 0.1) is 13.7 Å². The molecular weight excluding hydrogens is 360 g/mol. The molecule has 4 heteroatoms. The van der Waals surface area contributed by atoms with Crippen LogP contribution < -0.4 is 15.0 Å². The van der Waals surface area contributed by atoms with Crippen molar-refractivity contribution < 1.29 is 14.4 Å². The van der Waals surface area contributed by atoms with Crippen LogP contribution in [0.5, 0.6) is 5.75 Å². The molecule has 148 valence electrons. The molecule has 1 atom stereocenters. The summed E-state index contributed by atoms with van der Waals surface area (Å²) in [6.45, 7) is 3.71. The molecule has 0 saturated heterocycles. The summed E-state index contributed by atoms with van der Waals surface area (Å²) in [7, 11) is 1.64. The second-order valence-electron chi connectivity index (χ2n) is 7.60. The minimum Gasteiger partial charge on any atom is -0.497 e. The third-order valence-electron chi connectivity index (χ3n) is 5.59. The summed E-state index contributed by atoms with van der Waals surface area (Å²) in [6, 6.07) is 24.5. The van der Waals surface area contributed by atoms with Gasteiger partial charge in [-0.3, -0.25) is 4.79 Å². The Kier molecular flexibility index (Phi) is 5.92. The fraction of sp³-hybridized carbons (Fsp3) is 0.240. The average molecular weight is 388 g/mol. The zero-order valence-corrected chi connectivity index (χ0v) is 16.8. The van der Waals surface area contributed by atoms with Gasteiger partial charge in [0, 0.05) is 29.7 Å². The van der Waals surface area contributed by atoms with Gasteiger partial charge < -0.3 is 15.0 Å². The monoisotopic (exact) mass is 387 g/mol. The van der Waals surface area contributed by atoms with Crippen LogP contribution in [0.25, 0.3) is 0 Å². The molecule has 4 nitrogen and oxygen atoms in total. The molecule has 0 aliphatic carbocycles. The van der Waals surface area contributed by atoms with Crippen molar-refractivity contribution in [2.75, 3.05) is 13.7 Å². The summed E-state index contributed by atoms with van der Waals surface area (Å²) in [4.78, 5) is 14.0. The molecule has 0 saturated carbocycles. The molecule has 1 aliphatic heterocycles. The number of amides is 1. The number of hydrogen-bond donors (Lipinski definition) is 2. The Balaban J connectivity index is 1.31. The van der Waals surface area contributed by atoms with Gasteiger partial charge in [-0.05, 0) is 35.4 Å². The largest absolute Gasteiger partial charge is 0.497 e. The minimum atomic E-state index is -0.0494. The number of ether oxygens (including phenoxy) is 1. The van der Waals surface area contributed by atoms with Gasteiger partial charge in [0.15, 0.2) is 0 Å². The first kappa shape index (κ1) is 19.2. The Bertz CT molecular complexity index is 965. The molecule has 0 bridgehead atoms. The number of carbonyl (C=O) groups is 1. The fourth-order valence-electron chi connectivity index (χ4n) is 3.88. The van der Waals surface area contributed by atoms with Crippen molar-refractivity contribution in [3.8, 4) is 5.75 Å². The number of nitrogens with one attached hydrogen (secondary N) is 2. The van der Waals surface area contributed by atoms with Gasteiger partial charge in [-0.1, -0.05) is 48.5 Å². The molecular formula is C25H27N2O2+. The predicted molar refractivity (Wildman–Crippen MR) is 114 cm³/mol. The van der Waals surface area contributed by atoms with Crippen molar-refractivity contribution in [1.29, 1.82) is 0 Å². The van der Waals surface area contributed by atoms with Crippen LogP contribution >= 0.6 is 0 Å². The Morgan fingerprint density at radius 3 is 2.34 bits per heavy atom. The van der Waals surface area contributed by atoms with E-state index in [2.05, 4.69) is 41.7 Å². The summed E-state index contributed by atoms with van der Waals surface area (Å²) in [6.07, 6.45) is 1.14. The molecule has 1 unspecified atom stereocenters. The molecule has 4 rings (SSSR count). The molecule has 1 aliphatic rings. The van der Waals surface area contributed by atoms with Crippen molar-refractivity contribution in [3.63, 3.8) is 0 Å². The van der Waals surface area contributed by atoms with Crippen molar-refractivity contribution in [2.24, 2.45) is 0 Å². The number of hydrogen-bond acceptors (Lipinski definition) is 2. The van der Waals surface area contributed by atoms with E-state index < -0.39 is 0 Å². The second kappa shape index (κ2) is 8.93. The average Bonchev–Trinajstić information content (AvgIpc) is 2.78. The van der Waals surface area contributed by atoms with E-state index >= 15 is 0 Å². The summed E-state index contributed by atoms with van der Waals surface area (Å²) in [5.74, 6) is 0.765. The summed E-state index contributed by atoms with van der Waals surface area (Å²) in [5, 5.41) is 2.98. The molecule has 3 aromatic rings. The molecule has 0 spiro atoms. The molecule has 0 fully saturated rings. The highest BCUT2D eigenvalue weighted by Crippen LogP contribution is 2.12. The van der Waals surface area contributed by atoms with Crippen LogP contribution in [0.15, 0.2) is 72.8 Å². The number of quaternary nitrogens is 1. The zero-order valence-electron chi connectivity index (χ0n) is 16.8. The van der Waals surface area contributed by atoms with Crippen LogP contribution in [0.4, 0.5) is 0 Å². The molecule has 0 aromatic heterocycles.